The number of aromatic nitrogens is 1. The quantitative estimate of drug-likeness (QED) is 0.911. The first-order chi connectivity index (χ1) is 8.81. The molecule has 1 atom stereocenters. The number of rotatable bonds is 4. The van der Waals surface area contributed by atoms with Gasteiger partial charge in [0.15, 0.2) is 5.13 Å². The number of hydrogen-bond donors (Lipinski definition) is 2. The molecular formula is C12H16ClN3OS2. The maximum atomic E-state index is 11.8. The molecule has 2 aromatic rings. The van der Waals surface area contributed by atoms with Crippen LogP contribution in [0.25, 0.3) is 9.53 Å². The summed E-state index contributed by atoms with van der Waals surface area (Å²) >= 11 is 3.22. The van der Waals surface area contributed by atoms with Crippen LogP contribution >= 0.6 is 35.1 Å². The average molecular weight is 318 g/mol. The van der Waals surface area contributed by atoms with Gasteiger partial charge in [0.25, 0.3) is 0 Å². The summed E-state index contributed by atoms with van der Waals surface area (Å²) in [5, 5.41) is 8.96. The second-order valence-electron chi connectivity index (χ2n) is 4.56. The van der Waals surface area contributed by atoms with Crippen LogP contribution in [0.4, 0.5) is 5.13 Å². The van der Waals surface area contributed by atoms with Crippen molar-refractivity contribution < 1.29 is 4.79 Å². The molecule has 4 nitrogen and oxygen atoms in total. The zero-order chi connectivity index (χ0) is 12.4. The molecule has 2 N–H and O–H groups in total. The van der Waals surface area contributed by atoms with E-state index in [-0.39, 0.29) is 18.3 Å². The summed E-state index contributed by atoms with van der Waals surface area (Å²) < 4.78 is 1.17. The molecule has 3 heterocycles. The first-order valence-electron chi connectivity index (χ1n) is 6.16. The lowest BCUT2D eigenvalue weighted by Crippen LogP contribution is -2.14. The molecule has 1 amide bonds. The molecule has 0 saturated carbocycles. The summed E-state index contributed by atoms with van der Waals surface area (Å²) in [4.78, 5) is 16.2. The van der Waals surface area contributed by atoms with Crippen LogP contribution in [0.5, 0.6) is 0 Å². The van der Waals surface area contributed by atoms with E-state index in [4.69, 9.17) is 0 Å². The smallest absolute Gasteiger partial charge is 0.226 e. The van der Waals surface area contributed by atoms with E-state index in [1.165, 1.54) is 10.4 Å². The third-order valence-corrected chi connectivity index (χ3v) is 5.23. The van der Waals surface area contributed by atoms with Crippen LogP contribution in [0, 0.1) is 5.92 Å². The van der Waals surface area contributed by atoms with Crippen molar-refractivity contribution in [3.8, 4) is 0 Å². The number of carbonyl (C=O) groups excluding carboxylic acids is 1. The van der Waals surface area contributed by atoms with E-state index in [0.29, 0.717) is 12.3 Å². The van der Waals surface area contributed by atoms with E-state index < -0.39 is 0 Å². The minimum atomic E-state index is 0. The molecule has 0 radical (unpaired) electrons. The second kappa shape index (κ2) is 6.65. The third kappa shape index (κ3) is 3.66. The van der Waals surface area contributed by atoms with E-state index in [0.717, 1.165) is 30.2 Å². The summed E-state index contributed by atoms with van der Waals surface area (Å²) in [6.45, 7) is 2.15. The second-order valence-corrected chi connectivity index (χ2v) is 6.73. The summed E-state index contributed by atoms with van der Waals surface area (Å²) in [5.41, 5.74) is 0.986. The van der Waals surface area contributed by atoms with Gasteiger partial charge in [-0.1, -0.05) is 11.3 Å². The van der Waals surface area contributed by atoms with Crippen molar-refractivity contribution in [2.45, 2.75) is 19.3 Å². The Morgan fingerprint density at radius 3 is 3.21 bits per heavy atom. The minimum absolute atomic E-state index is 0. The molecule has 19 heavy (non-hydrogen) atoms. The van der Waals surface area contributed by atoms with E-state index in [9.17, 15) is 4.79 Å². The normalized spacial score (nSPS) is 18.4. The van der Waals surface area contributed by atoms with Crippen LogP contribution in [0.3, 0.4) is 0 Å². The van der Waals surface area contributed by atoms with Gasteiger partial charge in [0.05, 0.1) is 5.52 Å². The molecule has 0 aromatic carbocycles. The molecule has 7 heteroatoms. The van der Waals surface area contributed by atoms with Crippen LogP contribution < -0.4 is 10.6 Å². The van der Waals surface area contributed by atoms with E-state index >= 15 is 0 Å². The van der Waals surface area contributed by atoms with Crippen LogP contribution in [-0.4, -0.2) is 24.0 Å². The number of amides is 1. The van der Waals surface area contributed by atoms with Crippen LogP contribution in [0.15, 0.2) is 11.4 Å². The Balaban J connectivity index is 0.00000133. The Labute approximate surface area is 126 Å². The fourth-order valence-electron chi connectivity index (χ4n) is 2.20. The number of nitrogens with one attached hydrogen (secondary N) is 2. The van der Waals surface area contributed by atoms with Gasteiger partial charge in [0, 0.05) is 6.42 Å². The fraction of sp³-hybridized carbons (Fsp3) is 0.500. The lowest BCUT2D eigenvalue weighted by molar-refractivity contribution is -0.116. The highest BCUT2D eigenvalue weighted by molar-refractivity contribution is 7.39. The number of halogens is 1. The molecule has 1 aliphatic heterocycles. The van der Waals surface area contributed by atoms with Crippen molar-refractivity contribution in [1.82, 2.24) is 10.3 Å². The molecule has 2 aromatic heterocycles. The van der Waals surface area contributed by atoms with Gasteiger partial charge < -0.3 is 10.6 Å². The number of hydrogen-bond acceptors (Lipinski definition) is 5. The van der Waals surface area contributed by atoms with Gasteiger partial charge in [0.1, 0.15) is 4.01 Å². The number of carbonyl (C=O) groups is 1. The van der Waals surface area contributed by atoms with Gasteiger partial charge >= 0.3 is 0 Å². The first kappa shape index (κ1) is 14.7. The van der Waals surface area contributed by atoms with E-state index in [1.807, 2.05) is 11.4 Å². The maximum absolute atomic E-state index is 11.8. The Bertz CT molecular complexity index is 519. The Morgan fingerprint density at radius 2 is 2.47 bits per heavy atom. The highest BCUT2D eigenvalue weighted by Crippen LogP contribution is 2.30. The summed E-state index contributed by atoms with van der Waals surface area (Å²) in [7, 11) is 0. The third-order valence-electron chi connectivity index (χ3n) is 3.21. The largest absolute Gasteiger partial charge is 0.316 e. The molecule has 104 valence electrons. The molecule has 1 unspecified atom stereocenters. The van der Waals surface area contributed by atoms with Gasteiger partial charge in [-0.15, -0.1) is 23.7 Å². The van der Waals surface area contributed by atoms with Gasteiger partial charge in [-0.2, -0.15) is 0 Å². The molecule has 1 fully saturated rings. The molecule has 3 rings (SSSR count). The topological polar surface area (TPSA) is 54.0 Å². The summed E-state index contributed by atoms with van der Waals surface area (Å²) in [6, 6.07) is 1.98. The Kier molecular flexibility index (Phi) is 5.15. The number of nitrogens with zero attached hydrogens (tertiary/aromatic N) is 1. The number of thiazole rings is 1. The van der Waals surface area contributed by atoms with Crippen LogP contribution in [0.1, 0.15) is 19.3 Å². The zero-order valence-electron chi connectivity index (χ0n) is 10.3. The molecule has 1 aliphatic rings. The van der Waals surface area contributed by atoms with E-state index in [1.54, 1.807) is 22.7 Å². The minimum Gasteiger partial charge on any atom is -0.316 e. The van der Waals surface area contributed by atoms with Crippen molar-refractivity contribution in [2.75, 3.05) is 18.4 Å². The van der Waals surface area contributed by atoms with Gasteiger partial charge in [0.2, 0.25) is 5.91 Å². The zero-order valence-corrected chi connectivity index (χ0v) is 12.8. The average Bonchev–Trinajstić information content (AvgIpc) is 3.01. The maximum Gasteiger partial charge on any atom is 0.226 e. The van der Waals surface area contributed by atoms with Crippen LogP contribution in [0.2, 0.25) is 0 Å². The molecule has 1 saturated heterocycles. The van der Waals surface area contributed by atoms with Gasteiger partial charge in [-0.05, 0) is 43.3 Å². The SMILES string of the molecule is Cl.O=C(CCC1CCNC1)Nc1nc2ccsc2s1. The Hall–Kier alpha value is -0.690. The monoisotopic (exact) mass is 317 g/mol. The molecular weight excluding hydrogens is 302 g/mol. The van der Waals surface area contributed by atoms with Crippen molar-refractivity contribution in [2.24, 2.45) is 5.92 Å². The van der Waals surface area contributed by atoms with E-state index in [2.05, 4.69) is 15.6 Å². The highest BCUT2D eigenvalue weighted by atomic mass is 35.5. The predicted molar refractivity (Wildman–Crippen MR) is 83.6 cm³/mol. The van der Waals surface area contributed by atoms with Gasteiger partial charge in [-0.25, -0.2) is 4.98 Å². The standard InChI is InChI=1S/C12H15N3OS2.ClH/c16-10(2-1-8-3-5-13-7-8)15-12-14-9-4-6-17-11(9)18-12;/h4,6,8,13H,1-3,5,7H2,(H,14,15,16);1H. The number of anilines is 1. The Morgan fingerprint density at radius 1 is 1.58 bits per heavy atom. The van der Waals surface area contributed by atoms with Crippen molar-refractivity contribution in [3.05, 3.63) is 11.4 Å². The summed E-state index contributed by atoms with van der Waals surface area (Å²) in [5.74, 6) is 0.749. The predicted octanol–water partition coefficient (Wildman–Crippen LogP) is 3.11. The fourth-order valence-corrected chi connectivity index (χ4v) is 4.05. The van der Waals surface area contributed by atoms with Crippen molar-refractivity contribution in [1.29, 1.82) is 0 Å². The molecule has 0 bridgehead atoms. The number of thiophene rings is 1. The van der Waals surface area contributed by atoms with Crippen molar-refractivity contribution in [3.63, 3.8) is 0 Å². The molecule has 0 aliphatic carbocycles. The lowest BCUT2D eigenvalue weighted by atomic mass is 10.0. The van der Waals surface area contributed by atoms with Gasteiger partial charge in [-0.3, -0.25) is 4.79 Å². The first-order valence-corrected chi connectivity index (χ1v) is 7.85. The van der Waals surface area contributed by atoms with Crippen LogP contribution in [-0.2, 0) is 4.79 Å². The number of fused-ring (bicyclic) bond motifs is 1. The highest BCUT2D eigenvalue weighted by Gasteiger charge is 2.16. The van der Waals surface area contributed by atoms with Crippen molar-refractivity contribution >= 4 is 55.6 Å². The lowest BCUT2D eigenvalue weighted by Gasteiger charge is -2.06. The summed E-state index contributed by atoms with van der Waals surface area (Å²) in [6.07, 6.45) is 2.76. The molecule has 0 spiro atoms.